The van der Waals surface area contributed by atoms with Crippen LogP contribution in [0.25, 0.3) is 0 Å². The van der Waals surface area contributed by atoms with Crippen LogP contribution in [0.3, 0.4) is 0 Å². The Balaban J connectivity index is 2.00. The summed E-state index contributed by atoms with van der Waals surface area (Å²) in [6.45, 7) is -0.428. The summed E-state index contributed by atoms with van der Waals surface area (Å²) < 4.78 is 78.2. The fraction of sp³-hybridized carbons (Fsp3) is 0.538. The van der Waals surface area contributed by atoms with Crippen LogP contribution in [0, 0.1) is 0 Å². The highest BCUT2D eigenvalue weighted by atomic mass is 32.3. The molecule has 10 nitrogen and oxygen atoms in total. The van der Waals surface area contributed by atoms with Gasteiger partial charge < -0.3 is 9.47 Å². The first-order valence-electron chi connectivity index (χ1n) is 7.26. The van der Waals surface area contributed by atoms with Crippen LogP contribution in [-0.2, 0) is 41.0 Å². The molecule has 1 aromatic carbocycles. The molecule has 1 aliphatic heterocycles. The van der Waals surface area contributed by atoms with Gasteiger partial charge in [0, 0.05) is 6.42 Å². The lowest BCUT2D eigenvalue weighted by atomic mass is 10.0. The van der Waals surface area contributed by atoms with Gasteiger partial charge in [-0.15, -0.1) is 0 Å². The molecule has 1 aliphatic rings. The fourth-order valence-corrected chi connectivity index (χ4v) is 3.31. The van der Waals surface area contributed by atoms with Gasteiger partial charge in [0.1, 0.15) is 0 Å². The summed E-state index contributed by atoms with van der Waals surface area (Å²) >= 11 is 0. The molecule has 3 N–H and O–H groups in total. The second-order valence-corrected chi connectivity index (χ2v) is 7.71. The number of nitrogens with one attached hydrogen (secondary N) is 1. The van der Waals surface area contributed by atoms with Crippen LogP contribution in [0.5, 0.6) is 0 Å². The molecule has 142 valence electrons. The van der Waals surface area contributed by atoms with Crippen molar-refractivity contribution in [1.82, 2.24) is 4.72 Å². The quantitative estimate of drug-likeness (QED) is 0.513. The summed E-state index contributed by atoms with van der Waals surface area (Å²) in [4.78, 5) is 0. The Kier molecular flexibility index (Phi) is 6.87. The Morgan fingerprint density at radius 3 is 2.44 bits per heavy atom. The van der Waals surface area contributed by atoms with Crippen molar-refractivity contribution in [1.29, 1.82) is 0 Å². The molecule has 1 fully saturated rings. The van der Waals surface area contributed by atoms with Gasteiger partial charge in [0.15, 0.2) is 0 Å². The third kappa shape index (κ3) is 7.75. The van der Waals surface area contributed by atoms with E-state index in [0.717, 1.165) is 5.56 Å². The summed E-state index contributed by atoms with van der Waals surface area (Å²) in [5.74, 6) is 0. The Bertz CT molecular complexity index is 751. The zero-order chi connectivity index (χ0) is 18.5. The highest BCUT2D eigenvalue weighted by Gasteiger charge is 2.35. The molecule has 1 heterocycles. The predicted octanol–water partition coefficient (Wildman–Crippen LogP) is -0.0589. The van der Waals surface area contributed by atoms with Gasteiger partial charge in [-0.2, -0.15) is 21.6 Å². The Morgan fingerprint density at radius 1 is 1.16 bits per heavy atom. The molecule has 0 amide bonds. The molecule has 1 saturated heterocycles. The number of rotatable bonds is 8. The molecule has 0 spiro atoms. The number of hydrogen-bond acceptors (Lipinski definition) is 7. The molecule has 0 aliphatic carbocycles. The van der Waals surface area contributed by atoms with E-state index in [1.807, 2.05) is 35.1 Å². The Labute approximate surface area is 145 Å². The molecule has 0 bridgehead atoms. The van der Waals surface area contributed by atoms with Crippen LogP contribution in [0.4, 0.5) is 0 Å². The average molecular weight is 397 g/mol. The van der Waals surface area contributed by atoms with Gasteiger partial charge in [-0.05, 0) is 5.56 Å². The zero-order valence-electron chi connectivity index (χ0n) is 13.0. The summed E-state index contributed by atoms with van der Waals surface area (Å²) in [6, 6.07) is 8.26. The smallest absolute Gasteiger partial charge is 0.374 e. The normalized spacial score (nSPS) is 25.0. The van der Waals surface area contributed by atoms with Crippen molar-refractivity contribution in [3.8, 4) is 0 Å². The van der Waals surface area contributed by atoms with E-state index < -0.39 is 45.6 Å². The zero-order valence-corrected chi connectivity index (χ0v) is 14.6. The number of ether oxygens (including phenoxy) is 2. The lowest BCUT2D eigenvalue weighted by Crippen LogP contribution is -2.53. The Morgan fingerprint density at radius 2 is 1.84 bits per heavy atom. The SMILES string of the molecule is O=S(=O)(O)NC1COC(COS(=O)(=O)O)C[C@H]1OCc1ccccc1. The van der Waals surface area contributed by atoms with Crippen LogP contribution in [0.15, 0.2) is 30.3 Å². The van der Waals surface area contributed by atoms with Gasteiger partial charge in [-0.1, -0.05) is 30.3 Å². The molecule has 2 unspecified atom stereocenters. The van der Waals surface area contributed by atoms with Crippen molar-refractivity contribution in [2.24, 2.45) is 0 Å². The van der Waals surface area contributed by atoms with E-state index >= 15 is 0 Å². The minimum Gasteiger partial charge on any atom is -0.374 e. The van der Waals surface area contributed by atoms with E-state index in [9.17, 15) is 16.8 Å². The van der Waals surface area contributed by atoms with Gasteiger partial charge in [-0.3, -0.25) is 9.11 Å². The van der Waals surface area contributed by atoms with E-state index in [1.165, 1.54) is 0 Å². The highest BCUT2D eigenvalue weighted by Crippen LogP contribution is 2.20. The molecule has 2 rings (SSSR count). The molecule has 12 heteroatoms. The van der Waals surface area contributed by atoms with Gasteiger partial charge in [0.25, 0.3) is 0 Å². The number of hydrogen-bond donors (Lipinski definition) is 3. The number of benzene rings is 1. The maximum Gasteiger partial charge on any atom is 0.397 e. The van der Waals surface area contributed by atoms with E-state index in [0.29, 0.717) is 0 Å². The van der Waals surface area contributed by atoms with Crippen molar-refractivity contribution >= 4 is 20.7 Å². The van der Waals surface area contributed by atoms with Gasteiger partial charge in [0.05, 0.1) is 38.1 Å². The van der Waals surface area contributed by atoms with Crippen LogP contribution >= 0.6 is 0 Å². The lowest BCUT2D eigenvalue weighted by molar-refractivity contribution is -0.104. The van der Waals surface area contributed by atoms with Crippen LogP contribution < -0.4 is 4.72 Å². The largest absolute Gasteiger partial charge is 0.397 e. The van der Waals surface area contributed by atoms with Crippen molar-refractivity contribution in [3.63, 3.8) is 0 Å². The molecular formula is C13H19NO9S2. The molecule has 0 saturated carbocycles. The lowest BCUT2D eigenvalue weighted by Gasteiger charge is -2.35. The first-order chi connectivity index (χ1) is 11.6. The minimum atomic E-state index is -4.61. The first-order valence-corrected chi connectivity index (χ1v) is 10.1. The monoisotopic (exact) mass is 397 g/mol. The summed E-state index contributed by atoms with van der Waals surface area (Å²) in [5, 5.41) is 0. The third-order valence-electron chi connectivity index (χ3n) is 3.47. The van der Waals surface area contributed by atoms with Crippen molar-refractivity contribution in [2.75, 3.05) is 13.2 Å². The van der Waals surface area contributed by atoms with Gasteiger partial charge in [-0.25, -0.2) is 4.18 Å². The standard InChI is InChI=1S/C13H19NO9S2/c15-24(16,17)14-12-9-21-11(8-23-25(18,19)20)6-13(12)22-7-10-4-2-1-3-5-10/h1-5,11-14H,6-9H2,(H,15,16,17)(H,18,19,20)/t11?,12?,13-/m1/s1. The maximum absolute atomic E-state index is 11.1. The van der Waals surface area contributed by atoms with Crippen LogP contribution in [-0.4, -0.2) is 57.4 Å². The molecule has 1 aromatic rings. The van der Waals surface area contributed by atoms with Crippen molar-refractivity contribution in [3.05, 3.63) is 35.9 Å². The average Bonchev–Trinajstić information content (AvgIpc) is 2.51. The topological polar surface area (TPSA) is 148 Å². The molecule has 0 aromatic heterocycles. The Hall–Kier alpha value is -1.12. The van der Waals surface area contributed by atoms with Crippen molar-refractivity contribution < 1.29 is 39.6 Å². The second-order valence-electron chi connectivity index (χ2n) is 5.44. The first kappa shape index (κ1) is 20.2. The highest BCUT2D eigenvalue weighted by molar-refractivity contribution is 7.83. The minimum absolute atomic E-state index is 0.0928. The molecule has 0 radical (unpaired) electrons. The van der Waals surface area contributed by atoms with Gasteiger partial charge in [0.2, 0.25) is 0 Å². The second kappa shape index (κ2) is 8.51. The maximum atomic E-state index is 11.1. The fourth-order valence-electron chi connectivity index (χ4n) is 2.38. The summed E-state index contributed by atoms with van der Waals surface area (Å²) in [6.07, 6.45) is -1.34. The molecule has 25 heavy (non-hydrogen) atoms. The predicted molar refractivity (Wildman–Crippen MR) is 85.3 cm³/mol. The van der Waals surface area contributed by atoms with E-state index in [2.05, 4.69) is 4.18 Å². The van der Waals surface area contributed by atoms with E-state index in [1.54, 1.807) is 0 Å². The molecular weight excluding hydrogens is 378 g/mol. The van der Waals surface area contributed by atoms with E-state index in [4.69, 9.17) is 18.6 Å². The van der Waals surface area contributed by atoms with E-state index in [-0.39, 0.29) is 19.6 Å². The summed E-state index contributed by atoms with van der Waals surface area (Å²) in [5.41, 5.74) is 0.852. The van der Waals surface area contributed by atoms with Crippen LogP contribution in [0.2, 0.25) is 0 Å². The third-order valence-corrected chi connectivity index (χ3v) is 4.50. The van der Waals surface area contributed by atoms with Crippen molar-refractivity contribution in [2.45, 2.75) is 31.3 Å². The molecule has 3 atom stereocenters. The summed E-state index contributed by atoms with van der Waals surface area (Å²) in [7, 11) is -9.08. The van der Waals surface area contributed by atoms with Crippen LogP contribution in [0.1, 0.15) is 12.0 Å². The van der Waals surface area contributed by atoms with Gasteiger partial charge >= 0.3 is 20.7 Å².